The monoisotopic (exact) mass is 530 g/mol. The zero-order valence-corrected chi connectivity index (χ0v) is 19.7. The van der Waals surface area contributed by atoms with Gasteiger partial charge in [-0.3, -0.25) is 9.36 Å². The molecule has 0 bridgehead atoms. The zero-order chi connectivity index (χ0) is 26.9. The highest BCUT2D eigenvalue weighted by Gasteiger charge is 2.35. The molecule has 2 atom stereocenters. The maximum atomic E-state index is 14.7. The van der Waals surface area contributed by atoms with E-state index in [4.69, 9.17) is 26.2 Å². The fourth-order valence-corrected chi connectivity index (χ4v) is 3.42. The summed E-state index contributed by atoms with van der Waals surface area (Å²) >= 11 is 6.07. The minimum absolute atomic E-state index is 0.144. The molecule has 0 aliphatic heterocycles. The lowest BCUT2D eigenvalue weighted by atomic mass is 10.1. The van der Waals surface area contributed by atoms with Crippen LogP contribution in [0.5, 0.6) is 11.5 Å². The standard InChI is InChI=1S/C23H19ClF4N2O6/c1-11(13-4-6-14(7-5-13)35-12(2)21(32)33)36-18-9-17(16(25)8-15(18)24)30-20(31)10-19(23(26,27)28)29(3)22(30)34/h4-12H,1-3H3,(H,32,33). The minimum Gasteiger partial charge on any atom is -0.484 e. The molecule has 3 aromatic rings. The molecule has 2 unspecified atom stereocenters. The van der Waals surface area contributed by atoms with Gasteiger partial charge in [0.2, 0.25) is 0 Å². The second-order valence-electron chi connectivity index (χ2n) is 7.70. The van der Waals surface area contributed by atoms with Crippen molar-refractivity contribution in [1.82, 2.24) is 9.13 Å². The van der Waals surface area contributed by atoms with Gasteiger partial charge in [-0.25, -0.2) is 18.5 Å². The molecule has 0 spiro atoms. The van der Waals surface area contributed by atoms with Crippen LogP contribution >= 0.6 is 11.6 Å². The van der Waals surface area contributed by atoms with E-state index in [-0.39, 0.29) is 26.0 Å². The quantitative estimate of drug-likeness (QED) is 0.456. The first-order valence-electron chi connectivity index (χ1n) is 10.3. The number of carboxylic acid groups (broad SMARTS) is 1. The van der Waals surface area contributed by atoms with E-state index in [9.17, 15) is 31.9 Å². The Balaban J connectivity index is 1.95. The molecule has 192 valence electrons. The number of aliphatic carboxylic acids is 1. The first-order valence-corrected chi connectivity index (χ1v) is 10.6. The molecule has 2 aromatic carbocycles. The van der Waals surface area contributed by atoms with E-state index in [0.29, 0.717) is 11.3 Å². The second kappa shape index (κ2) is 10.1. The Kier molecular flexibility index (Phi) is 7.48. The molecule has 0 saturated carbocycles. The lowest BCUT2D eigenvalue weighted by Gasteiger charge is -2.19. The molecular formula is C23H19ClF4N2O6. The zero-order valence-electron chi connectivity index (χ0n) is 19.0. The number of alkyl halides is 3. The van der Waals surface area contributed by atoms with Crippen molar-refractivity contribution in [3.05, 3.63) is 85.4 Å². The van der Waals surface area contributed by atoms with Crippen molar-refractivity contribution in [2.45, 2.75) is 32.2 Å². The van der Waals surface area contributed by atoms with Crippen LogP contribution in [-0.2, 0) is 18.0 Å². The number of carbonyl (C=O) groups is 1. The summed E-state index contributed by atoms with van der Waals surface area (Å²) in [5.41, 5.74) is -4.36. The summed E-state index contributed by atoms with van der Waals surface area (Å²) in [6.07, 6.45) is -6.75. The first kappa shape index (κ1) is 26.8. The molecule has 1 heterocycles. The molecule has 0 saturated heterocycles. The molecule has 0 aliphatic rings. The number of nitrogens with zero attached hydrogens (tertiary/aromatic N) is 2. The van der Waals surface area contributed by atoms with Crippen molar-refractivity contribution in [3.8, 4) is 17.2 Å². The summed E-state index contributed by atoms with van der Waals surface area (Å²) in [4.78, 5) is 35.8. The van der Waals surface area contributed by atoms with Gasteiger partial charge in [0.05, 0.1) is 10.7 Å². The van der Waals surface area contributed by atoms with E-state index < -0.39 is 52.8 Å². The van der Waals surface area contributed by atoms with Crippen LogP contribution < -0.4 is 20.7 Å². The van der Waals surface area contributed by atoms with Gasteiger partial charge in [-0.05, 0) is 37.6 Å². The predicted octanol–water partition coefficient (Wildman–Crippen LogP) is 4.34. The van der Waals surface area contributed by atoms with Crippen LogP contribution in [0.15, 0.2) is 52.1 Å². The molecule has 8 nitrogen and oxygen atoms in total. The third-order valence-electron chi connectivity index (χ3n) is 5.17. The number of hydrogen-bond donors (Lipinski definition) is 1. The van der Waals surface area contributed by atoms with Crippen molar-refractivity contribution in [2.75, 3.05) is 0 Å². The molecule has 36 heavy (non-hydrogen) atoms. The average molecular weight is 531 g/mol. The largest absolute Gasteiger partial charge is 0.484 e. The van der Waals surface area contributed by atoms with Crippen molar-refractivity contribution in [3.63, 3.8) is 0 Å². The van der Waals surface area contributed by atoms with Crippen LogP contribution in [-0.4, -0.2) is 26.3 Å². The van der Waals surface area contributed by atoms with Gasteiger partial charge in [0.25, 0.3) is 5.56 Å². The summed E-state index contributed by atoms with van der Waals surface area (Å²) in [6.45, 7) is 2.98. The highest BCUT2D eigenvalue weighted by molar-refractivity contribution is 6.32. The topological polar surface area (TPSA) is 99.8 Å². The number of rotatable bonds is 7. The van der Waals surface area contributed by atoms with E-state index in [2.05, 4.69) is 0 Å². The molecule has 3 rings (SSSR count). The Morgan fingerprint density at radius 1 is 1.06 bits per heavy atom. The minimum atomic E-state index is -4.97. The number of hydrogen-bond acceptors (Lipinski definition) is 5. The Morgan fingerprint density at radius 2 is 1.67 bits per heavy atom. The van der Waals surface area contributed by atoms with Crippen LogP contribution in [0.4, 0.5) is 17.6 Å². The molecule has 0 fully saturated rings. The summed E-state index contributed by atoms with van der Waals surface area (Å²) in [5.74, 6) is -2.12. The third kappa shape index (κ3) is 5.54. The van der Waals surface area contributed by atoms with Crippen LogP contribution in [0.1, 0.15) is 31.2 Å². The molecule has 1 N–H and O–H groups in total. The number of aromatic nitrogens is 2. The molecule has 13 heteroatoms. The number of halogens is 5. The van der Waals surface area contributed by atoms with E-state index >= 15 is 0 Å². The Hall–Kier alpha value is -3.80. The highest BCUT2D eigenvalue weighted by atomic mass is 35.5. The molecule has 0 radical (unpaired) electrons. The van der Waals surface area contributed by atoms with Gasteiger partial charge < -0.3 is 14.6 Å². The van der Waals surface area contributed by atoms with Gasteiger partial charge in [-0.1, -0.05) is 23.7 Å². The van der Waals surface area contributed by atoms with E-state index in [1.807, 2.05) is 0 Å². The number of ether oxygens (including phenoxy) is 2. The lowest BCUT2D eigenvalue weighted by molar-refractivity contribution is -0.144. The van der Waals surface area contributed by atoms with Crippen molar-refractivity contribution in [2.24, 2.45) is 7.05 Å². The Morgan fingerprint density at radius 3 is 2.22 bits per heavy atom. The van der Waals surface area contributed by atoms with Gasteiger partial charge in [-0.2, -0.15) is 13.2 Å². The SMILES string of the molecule is CC(Oc1ccc(C(C)Oc2cc(-n3c(=O)cc(C(F)(F)F)n(C)c3=O)c(F)cc2Cl)cc1)C(=O)O. The van der Waals surface area contributed by atoms with Gasteiger partial charge in [-0.15, -0.1) is 0 Å². The first-order chi connectivity index (χ1) is 16.7. The number of benzene rings is 2. The van der Waals surface area contributed by atoms with Crippen LogP contribution in [0.25, 0.3) is 5.69 Å². The molecular weight excluding hydrogens is 512 g/mol. The fraction of sp³-hybridized carbons (Fsp3) is 0.261. The lowest BCUT2D eigenvalue weighted by Crippen LogP contribution is -2.41. The van der Waals surface area contributed by atoms with Gasteiger partial charge >= 0.3 is 17.8 Å². The summed E-state index contributed by atoms with van der Waals surface area (Å²) in [5, 5.41) is 8.71. The Bertz CT molecular complexity index is 1420. The second-order valence-corrected chi connectivity index (χ2v) is 8.11. The van der Waals surface area contributed by atoms with Crippen LogP contribution in [0, 0.1) is 5.82 Å². The average Bonchev–Trinajstić information content (AvgIpc) is 2.78. The van der Waals surface area contributed by atoms with Crippen molar-refractivity contribution in [1.29, 1.82) is 0 Å². The van der Waals surface area contributed by atoms with Crippen molar-refractivity contribution >= 4 is 17.6 Å². The van der Waals surface area contributed by atoms with E-state index in [1.165, 1.54) is 19.1 Å². The van der Waals surface area contributed by atoms with Gasteiger partial charge in [0.15, 0.2) is 6.10 Å². The maximum absolute atomic E-state index is 14.7. The van der Waals surface area contributed by atoms with E-state index in [0.717, 1.165) is 19.2 Å². The molecule has 1 aromatic heterocycles. The van der Waals surface area contributed by atoms with Crippen LogP contribution in [0.2, 0.25) is 5.02 Å². The van der Waals surface area contributed by atoms with E-state index in [1.54, 1.807) is 19.1 Å². The van der Waals surface area contributed by atoms with Gasteiger partial charge in [0, 0.05) is 19.2 Å². The predicted molar refractivity (Wildman–Crippen MR) is 120 cm³/mol. The smallest absolute Gasteiger partial charge is 0.431 e. The maximum Gasteiger partial charge on any atom is 0.431 e. The summed E-state index contributed by atoms with van der Waals surface area (Å²) < 4.78 is 65.5. The number of carboxylic acids is 1. The highest BCUT2D eigenvalue weighted by Crippen LogP contribution is 2.33. The summed E-state index contributed by atoms with van der Waals surface area (Å²) in [6, 6.07) is 8.10. The Labute approximate surface area is 205 Å². The van der Waals surface area contributed by atoms with Crippen molar-refractivity contribution < 1.29 is 36.9 Å². The molecule has 0 amide bonds. The third-order valence-corrected chi connectivity index (χ3v) is 5.46. The normalized spacial score (nSPS) is 13.2. The van der Waals surface area contributed by atoms with Gasteiger partial charge in [0.1, 0.15) is 29.1 Å². The molecule has 0 aliphatic carbocycles. The fourth-order valence-electron chi connectivity index (χ4n) is 3.23. The summed E-state index contributed by atoms with van der Waals surface area (Å²) in [7, 11) is 0.805. The van der Waals surface area contributed by atoms with Crippen LogP contribution in [0.3, 0.4) is 0 Å².